The van der Waals surface area contributed by atoms with Gasteiger partial charge in [-0.25, -0.2) is 4.79 Å². The number of carbonyl (C=O) groups is 1. The van der Waals surface area contributed by atoms with E-state index < -0.39 is 5.60 Å². The van der Waals surface area contributed by atoms with Gasteiger partial charge in [-0.1, -0.05) is 61.9 Å². The Bertz CT molecular complexity index is 864. The number of rotatable bonds is 4. The highest BCUT2D eigenvalue weighted by Crippen LogP contribution is 2.46. The van der Waals surface area contributed by atoms with Crippen molar-refractivity contribution in [3.63, 3.8) is 0 Å². The molecule has 0 aromatic heterocycles. The lowest BCUT2D eigenvalue weighted by molar-refractivity contribution is -0.0538. The Morgan fingerprint density at radius 2 is 1.59 bits per heavy atom. The predicted molar refractivity (Wildman–Crippen MR) is 113 cm³/mol. The van der Waals surface area contributed by atoms with E-state index in [1.807, 2.05) is 4.90 Å². The lowest BCUT2D eigenvalue weighted by Crippen LogP contribution is -2.53. The number of fused-ring (bicyclic) bond motifs is 5. The van der Waals surface area contributed by atoms with Gasteiger partial charge in [0.25, 0.3) is 0 Å². The second-order valence-corrected chi connectivity index (χ2v) is 8.98. The number of hydrogen-bond acceptors (Lipinski definition) is 3. The summed E-state index contributed by atoms with van der Waals surface area (Å²) in [4.78, 5) is 15.0. The van der Waals surface area contributed by atoms with E-state index in [0.29, 0.717) is 19.4 Å². The molecule has 2 unspecified atom stereocenters. The molecule has 1 amide bonds. The summed E-state index contributed by atoms with van der Waals surface area (Å²) >= 11 is 0. The van der Waals surface area contributed by atoms with Crippen molar-refractivity contribution >= 4 is 6.09 Å². The second-order valence-electron chi connectivity index (χ2n) is 8.98. The molecule has 2 fully saturated rings. The van der Waals surface area contributed by atoms with E-state index in [9.17, 15) is 9.90 Å². The zero-order valence-electron chi connectivity index (χ0n) is 17.0. The van der Waals surface area contributed by atoms with Gasteiger partial charge in [0.1, 0.15) is 6.61 Å². The normalized spacial score (nSPS) is 27.6. The van der Waals surface area contributed by atoms with E-state index in [2.05, 4.69) is 55.5 Å². The van der Waals surface area contributed by atoms with Crippen LogP contribution >= 0.6 is 0 Å². The first kappa shape index (κ1) is 18.7. The van der Waals surface area contributed by atoms with E-state index in [1.54, 1.807) is 0 Å². The van der Waals surface area contributed by atoms with Gasteiger partial charge < -0.3 is 14.7 Å². The summed E-state index contributed by atoms with van der Waals surface area (Å²) in [5.74, 6) is 0.0887. The number of piperidine rings is 1. The van der Waals surface area contributed by atoms with Crippen LogP contribution in [0.4, 0.5) is 4.79 Å². The molecule has 1 N–H and O–H groups in total. The molecule has 2 aromatic rings. The predicted octanol–water partition coefficient (Wildman–Crippen LogP) is 5.09. The molecular weight excluding hydrogens is 362 g/mol. The Kier molecular flexibility index (Phi) is 4.62. The fraction of sp³-hybridized carbons (Fsp3) is 0.480. The van der Waals surface area contributed by atoms with E-state index in [0.717, 1.165) is 25.7 Å². The van der Waals surface area contributed by atoms with Crippen LogP contribution in [-0.2, 0) is 4.74 Å². The molecule has 2 heterocycles. The molecule has 4 heteroatoms. The molecule has 2 atom stereocenters. The monoisotopic (exact) mass is 391 g/mol. The van der Waals surface area contributed by atoms with Crippen molar-refractivity contribution in [2.45, 2.75) is 69.1 Å². The summed E-state index contributed by atoms with van der Waals surface area (Å²) in [6.45, 7) is 2.47. The average Bonchev–Trinajstić information content (AvgIpc) is 3.19. The first-order valence-electron chi connectivity index (χ1n) is 11.0. The molecule has 0 saturated carbocycles. The molecule has 2 bridgehead atoms. The summed E-state index contributed by atoms with van der Waals surface area (Å²) in [5, 5.41) is 10.9. The van der Waals surface area contributed by atoms with Crippen LogP contribution in [0.15, 0.2) is 48.5 Å². The summed E-state index contributed by atoms with van der Waals surface area (Å²) in [6, 6.07) is 17.0. The maximum absolute atomic E-state index is 13.0. The molecule has 29 heavy (non-hydrogen) atoms. The van der Waals surface area contributed by atoms with Gasteiger partial charge in [-0.05, 0) is 54.4 Å². The highest BCUT2D eigenvalue weighted by Gasteiger charge is 2.49. The van der Waals surface area contributed by atoms with E-state index >= 15 is 0 Å². The van der Waals surface area contributed by atoms with E-state index in [4.69, 9.17) is 4.74 Å². The fourth-order valence-corrected chi connectivity index (χ4v) is 5.96. The Hall–Kier alpha value is -2.33. The van der Waals surface area contributed by atoms with Crippen molar-refractivity contribution in [1.82, 2.24) is 4.90 Å². The molecular formula is C25H29NO3. The summed E-state index contributed by atoms with van der Waals surface area (Å²) < 4.78 is 5.89. The van der Waals surface area contributed by atoms with E-state index in [-0.39, 0.29) is 24.1 Å². The van der Waals surface area contributed by atoms with Gasteiger partial charge in [0.05, 0.1) is 5.60 Å². The highest BCUT2D eigenvalue weighted by molar-refractivity contribution is 5.79. The first-order chi connectivity index (χ1) is 14.1. The third kappa shape index (κ3) is 3.14. The van der Waals surface area contributed by atoms with Crippen LogP contribution in [0.5, 0.6) is 0 Å². The van der Waals surface area contributed by atoms with Crippen molar-refractivity contribution in [1.29, 1.82) is 0 Å². The van der Waals surface area contributed by atoms with Crippen molar-refractivity contribution in [3.05, 3.63) is 59.7 Å². The van der Waals surface area contributed by atoms with Crippen molar-refractivity contribution in [2.75, 3.05) is 6.61 Å². The van der Waals surface area contributed by atoms with Crippen LogP contribution in [0.2, 0.25) is 0 Å². The summed E-state index contributed by atoms with van der Waals surface area (Å²) in [7, 11) is 0. The molecule has 2 aliphatic heterocycles. The Labute approximate surface area is 172 Å². The third-order valence-corrected chi connectivity index (χ3v) is 7.11. The van der Waals surface area contributed by atoms with E-state index in [1.165, 1.54) is 22.3 Å². The van der Waals surface area contributed by atoms with Crippen LogP contribution in [0.25, 0.3) is 11.1 Å². The van der Waals surface area contributed by atoms with Crippen LogP contribution in [0.1, 0.15) is 62.5 Å². The minimum atomic E-state index is -0.610. The number of benzene rings is 2. The van der Waals surface area contributed by atoms with Gasteiger partial charge in [0.15, 0.2) is 0 Å². The maximum Gasteiger partial charge on any atom is 0.410 e. The van der Waals surface area contributed by atoms with Crippen LogP contribution in [-0.4, -0.2) is 40.4 Å². The summed E-state index contributed by atoms with van der Waals surface area (Å²) in [5.41, 5.74) is 4.35. The number of aliphatic hydroxyl groups is 1. The van der Waals surface area contributed by atoms with Crippen molar-refractivity contribution in [3.8, 4) is 11.1 Å². The van der Waals surface area contributed by atoms with Crippen LogP contribution < -0.4 is 0 Å². The third-order valence-electron chi connectivity index (χ3n) is 7.11. The molecule has 0 radical (unpaired) electrons. The zero-order valence-corrected chi connectivity index (χ0v) is 17.0. The van der Waals surface area contributed by atoms with Gasteiger partial charge in [-0.15, -0.1) is 0 Å². The lowest BCUT2D eigenvalue weighted by Gasteiger charge is -2.43. The topological polar surface area (TPSA) is 49.8 Å². The quantitative estimate of drug-likeness (QED) is 0.789. The van der Waals surface area contributed by atoms with Gasteiger partial charge in [-0.2, -0.15) is 0 Å². The van der Waals surface area contributed by atoms with Gasteiger partial charge in [-0.3, -0.25) is 0 Å². The standard InChI is InChI=1S/C25H29NO3/c1-2-13-25(28)14-17-11-12-18(15-25)26(17)24(27)29-16-23-21-9-5-3-7-19(21)20-8-4-6-10-22(20)23/h3-10,17-18,23,28H,2,11-16H2,1H3. The minimum absolute atomic E-state index is 0.0887. The van der Waals surface area contributed by atoms with Gasteiger partial charge >= 0.3 is 6.09 Å². The number of ether oxygens (including phenoxy) is 1. The maximum atomic E-state index is 13.0. The Balaban J connectivity index is 1.31. The largest absolute Gasteiger partial charge is 0.448 e. The van der Waals surface area contributed by atoms with Gasteiger partial charge in [0.2, 0.25) is 0 Å². The fourth-order valence-electron chi connectivity index (χ4n) is 5.96. The molecule has 2 aromatic carbocycles. The molecule has 3 aliphatic rings. The van der Waals surface area contributed by atoms with Crippen LogP contribution in [0, 0.1) is 0 Å². The first-order valence-corrected chi connectivity index (χ1v) is 11.0. The second kappa shape index (κ2) is 7.17. The van der Waals surface area contributed by atoms with Gasteiger partial charge in [0, 0.05) is 18.0 Å². The molecule has 4 nitrogen and oxygen atoms in total. The lowest BCUT2D eigenvalue weighted by atomic mass is 9.83. The molecule has 152 valence electrons. The van der Waals surface area contributed by atoms with Crippen molar-refractivity contribution < 1.29 is 14.6 Å². The zero-order chi connectivity index (χ0) is 20.0. The Morgan fingerprint density at radius 1 is 1.03 bits per heavy atom. The highest BCUT2D eigenvalue weighted by atomic mass is 16.6. The minimum Gasteiger partial charge on any atom is -0.448 e. The number of nitrogens with zero attached hydrogens (tertiary/aromatic N) is 1. The number of amides is 1. The number of carbonyl (C=O) groups excluding carboxylic acids is 1. The average molecular weight is 392 g/mol. The smallest absolute Gasteiger partial charge is 0.410 e. The Morgan fingerprint density at radius 3 is 2.14 bits per heavy atom. The SMILES string of the molecule is CCCC1(O)CC2CCC(C1)N2C(=O)OCC1c2ccccc2-c2ccccc21. The molecule has 1 aliphatic carbocycles. The summed E-state index contributed by atoms with van der Waals surface area (Å²) in [6.07, 6.45) is 4.89. The number of hydrogen-bond donors (Lipinski definition) is 1. The molecule has 5 rings (SSSR count). The van der Waals surface area contributed by atoms with Crippen molar-refractivity contribution in [2.24, 2.45) is 0 Å². The molecule has 0 spiro atoms. The van der Waals surface area contributed by atoms with Crippen LogP contribution in [0.3, 0.4) is 0 Å². The molecule has 2 saturated heterocycles.